The predicted octanol–water partition coefficient (Wildman–Crippen LogP) is 2.75. The van der Waals surface area contributed by atoms with Gasteiger partial charge in [-0.3, -0.25) is 4.79 Å². The summed E-state index contributed by atoms with van der Waals surface area (Å²) in [4.78, 5) is 15.4. The normalized spacial score (nSPS) is 18.2. The molecule has 1 atom stereocenters. The van der Waals surface area contributed by atoms with Gasteiger partial charge in [-0.05, 0) is 25.8 Å². The van der Waals surface area contributed by atoms with Crippen LogP contribution in [0.15, 0.2) is 11.4 Å². The zero-order valence-corrected chi connectivity index (χ0v) is 13.2. The molecule has 0 bridgehead atoms. The number of unbranched alkanes of at least 4 members (excludes halogenated alkanes) is 1. The van der Waals surface area contributed by atoms with Crippen LogP contribution in [0.25, 0.3) is 0 Å². The minimum absolute atomic E-state index is 0.139. The number of amides is 1. The third-order valence-electron chi connectivity index (χ3n) is 3.69. The summed E-state index contributed by atoms with van der Waals surface area (Å²) in [5, 5.41) is 5.36. The summed E-state index contributed by atoms with van der Waals surface area (Å²) < 4.78 is 5.17. The van der Waals surface area contributed by atoms with Gasteiger partial charge in [-0.1, -0.05) is 13.3 Å². The fraction of sp³-hybridized carbons (Fsp3) is 0.667. The highest BCUT2D eigenvalue weighted by molar-refractivity contribution is 7.12. The van der Waals surface area contributed by atoms with E-state index in [9.17, 15) is 4.79 Å². The fourth-order valence-corrected chi connectivity index (χ4v) is 3.32. The number of nitrogens with zero attached hydrogens (tertiary/aromatic N) is 1. The number of carbonyl (C=O) groups is 1. The Kier molecular flexibility index (Phi) is 5.86. The zero-order chi connectivity index (χ0) is 14.4. The Morgan fingerprint density at radius 1 is 1.60 bits per heavy atom. The smallest absolute Gasteiger partial charge is 0.264 e. The second-order valence-electron chi connectivity index (χ2n) is 5.25. The van der Waals surface area contributed by atoms with Crippen LogP contribution in [0.2, 0.25) is 0 Å². The highest BCUT2D eigenvalue weighted by Gasteiger charge is 2.23. The van der Waals surface area contributed by atoms with Crippen molar-refractivity contribution in [1.29, 1.82) is 0 Å². The molecule has 1 unspecified atom stereocenters. The van der Waals surface area contributed by atoms with E-state index >= 15 is 0 Å². The van der Waals surface area contributed by atoms with Crippen LogP contribution >= 0.6 is 11.3 Å². The summed E-state index contributed by atoms with van der Waals surface area (Å²) in [6, 6.07) is 2.30. The lowest BCUT2D eigenvalue weighted by molar-refractivity contribution is 0.0744. The number of hydrogen-bond donors (Lipinski definition) is 1. The van der Waals surface area contributed by atoms with E-state index in [0.29, 0.717) is 6.04 Å². The van der Waals surface area contributed by atoms with Crippen LogP contribution in [0, 0.1) is 0 Å². The second-order valence-corrected chi connectivity index (χ2v) is 6.16. The van der Waals surface area contributed by atoms with Gasteiger partial charge in [0.05, 0.1) is 12.0 Å². The number of ether oxygens (including phenoxy) is 1. The number of thiophene rings is 1. The Morgan fingerprint density at radius 3 is 3.05 bits per heavy atom. The van der Waals surface area contributed by atoms with Gasteiger partial charge in [-0.2, -0.15) is 0 Å². The van der Waals surface area contributed by atoms with Crippen molar-refractivity contribution >= 4 is 17.2 Å². The van der Waals surface area contributed by atoms with E-state index in [1.54, 1.807) is 7.11 Å². The molecular formula is C15H24N2O2S. The summed E-state index contributed by atoms with van der Waals surface area (Å²) in [7, 11) is 1.63. The molecule has 1 aromatic heterocycles. The lowest BCUT2D eigenvalue weighted by Crippen LogP contribution is -2.41. The van der Waals surface area contributed by atoms with Gasteiger partial charge in [-0.25, -0.2) is 0 Å². The molecule has 0 aliphatic carbocycles. The van der Waals surface area contributed by atoms with Gasteiger partial charge >= 0.3 is 0 Å². The molecular weight excluding hydrogens is 272 g/mol. The van der Waals surface area contributed by atoms with E-state index in [2.05, 4.69) is 12.2 Å². The van der Waals surface area contributed by atoms with Gasteiger partial charge in [0.1, 0.15) is 5.75 Å². The molecule has 1 saturated heterocycles. The van der Waals surface area contributed by atoms with Crippen LogP contribution in [-0.4, -0.2) is 43.6 Å². The Balaban J connectivity index is 2.01. The first-order valence-electron chi connectivity index (χ1n) is 7.39. The lowest BCUT2D eigenvalue weighted by Gasteiger charge is -2.25. The van der Waals surface area contributed by atoms with Crippen LogP contribution in [-0.2, 0) is 0 Å². The van der Waals surface area contributed by atoms with Crippen molar-refractivity contribution in [3.8, 4) is 5.75 Å². The number of nitrogens with one attached hydrogen (secondary N) is 1. The molecule has 1 aliphatic rings. The zero-order valence-electron chi connectivity index (χ0n) is 12.4. The molecule has 1 N–H and O–H groups in total. The lowest BCUT2D eigenvalue weighted by atomic mass is 10.2. The summed E-state index contributed by atoms with van der Waals surface area (Å²) in [5.41, 5.74) is 0. The van der Waals surface area contributed by atoms with E-state index in [0.717, 1.165) is 43.1 Å². The van der Waals surface area contributed by atoms with Crippen molar-refractivity contribution in [1.82, 2.24) is 10.2 Å². The van der Waals surface area contributed by atoms with Gasteiger partial charge < -0.3 is 15.0 Å². The van der Waals surface area contributed by atoms with Crippen molar-refractivity contribution in [2.75, 3.05) is 26.7 Å². The molecule has 1 fully saturated rings. The average Bonchev–Trinajstić information content (AvgIpc) is 3.13. The van der Waals surface area contributed by atoms with Gasteiger partial charge in [0.25, 0.3) is 5.91 Å². The SMILES string of the molecule is CCCCN(CC1CCCN1)C(=O)c1cc(OC)cs1. The van der Waals surface area contributed by atoms with E-state index in [4.69, 9.17) is 4.74 Å². The van der Waals surface area contributed by atoms with Crippen LogP contribution in [0.3, 0.4) is 0 Å². The summed E-state index contributed by atoms with van der Waals surface area (Å²) >= 11 is 1.47. The molecule has 5 heteroatoms. The molecule has 112 valence electrons. The Morgan fingerprint density at radius 2 is 2.45 bits per heavy atom. The number of carbonyl (C=O) groups excluding carboxylic acids is 1. The van der Waals surface area contributed by atoms with Crippen LogP contribution < -0.4 is 10.1 Å². The highest BCUT2D eigenvalue weighted by atomic mass is 32.1. The van der Waals surface area contributed by atoms with E-state index in [1.165, 1.54) is 24.2 Å². The summed E-state index contributed by atoms with van der Waals surface area (Å²) in [6.07, 6.45) is 4.55. The van der Waals surface area contributed by atoms with Gasteiger partial charge in [0.2, 0.25) is 0 Å². The molecule has 1 aliphatic heterocycles. The van der Waals surface area contributed by atoms with Crippen LogP contribution in [0.5, 0.6) is 5.75 Å². The van der Waals surface area contributed by atoms with E-state index in [1.807, 2.05) is 16.3 Å². The maximum absolute atomic E-state index is 12.6. The molecule has 0 spiro atoms. The molecule has 1 aromatic rings. The molecule has 0 saturated carbocycles. The first-order chi connectivity index (χ1) is 9.74. The predicted molar refractivity (Wildman–Crippen MR) is 82.7 cm³/mol. The first-order valence-corrected chi connectivity index (χ1v) is 8.27. The molecule has 0 aromatic carbocycles. The maximum atomic E-state index is 12.6. The van der Waals surface area contributed by atoms with Crippen molar-refractivity contribution in [3.63, 3.8) is 0 Å². The van der Waals surface area contributed by atoms with Gasteiger partial charge in [0.15, 0.2) is 0 Å². The standard InChI is InChI=1S/C15H24N2O2S/c1-3-4-8-17(10-12-6-5-7-16-12)15(18)14-9-13(19-2)11-20-14/h9,11-12,16H,3-8,10H2,1-2H3. The molecule has 1 amide bonds. The Labute approximate surface area is 125 Å². The minimum atomic E-state index is 0.139. The first kappa shape index (κ1) is 15.3. The van der Waals surface area contributed by atoms with E-state index in [-0.39, 0.29) is 5.91 Å². The molecule has 0 radical (unpaired) electrons. The van der Waals surface area contributed by atoms with Crippen molar-refractivity contribution in [2.45, 2.75) is 38.6 Å². The van der Waals surface area contributed by atoms with Crippen molar-refractivity contribution in [2.24, 2.45) is 0 Å². The minimum Gasteiger partial charge on any atom is -0.496 e. The van der Waals surface area contributed by atoms with Crippen molar-refractivity contribution < 1.29 is 9.53 Å². The topological polar surface area (TPSA) is 41.6 Å². The van der Waals surface area contributed by atoms with Gasteiger partial charge in [0, 0.05) is 30.6 Å². The quantitative estimate of drug-likeness (QED) is 0.841. The second kappa shape index (κ2) is 7.64. The highest BCUT2D eigenvalue weighted by Crippen LogP contribution is 2.23. The Hall–Kier alpha value is -1.07. The summed E-state index contributed by atoms with van der Waals surface area (Å²) in [5.74, 6) is 0.910. The van der Waals surface area contributed by atoms with Crippen molar-refractivity contribution in [3.05, 3.63) is 16.3 Å². The largest absolute Gasteiger partial charge is 0.496 e. The summed E-state index contributed by atoms with van der Waals surface area (Å²) in [6.45, 7) is 4.89. The molecule has 2 heterocycles. The fourth-order valence-electron chi connectivity index (χ4n) is 2.50. The number of rotatable bonds is 7. The monoisotopic (exact) mass is 296 g/mol. The van der Waals surface area contributed by atoms with Crippen LogP contribution in [0.1, 0.15) is 42.3 Å². The third-order valence-corrected chi connectivity index (χ3v) is 4.59. The van der Waals surface area contributed by atoms with E-state index < -0.39 is 0 Å². The molecule has 20 heavy (non-hydrogen) atoms. The maximum Gasteiger partial charge on any atom is 0.264 e. The number of methoxy groups -OCH3 is 1. The number of hydrogen-bond acceptors (Lipinski definition) is 4. The van der Waals surface area contributed by atoms with Crippen LogP contribution in [0.4, 0.5) is 0 Å². The van der Waals surface area contributed by atoms with Gasteiger partial charge in [-0.15, -0.1) is 11.3 Å². The third kappa shape index (κ3) is 3.96. The average molecular weight is 296 g/mol. The molecule has 4 nitrogen and oxygen atoms in total. The Bertz CT molecular complexity index is 427. The molecule has 2 rings (SSSR count).